The van der Waals surface area contributed by atoms with Crippen LogP contribution in [-0.4, -0.2) is 26.6 Å². The lowest BCUT2D eigenvalue weighted by Crippen LogP contribution is -2.18. The van der Waals surface area contributed by atoms with Crippen LogP contribution >= 0.6 is 11.3 Å². The summed E-state index contributed by atoms with van der Waals surface area (Å²) in [6.07, 6.45) is 1.73. The molecule has 4 rings (SSSR count). The molecule has 0 unspecified atom stereocenters. The number of benzene rings is 1. The molecule has 0 spiro atoms. The first kappa shape index (κ1) is 19.6. The van der Waals surface area contributed by atoms with Gasteiger partial charge in [0.05, 0.1) is 12.2 Å². The second-order valence-corrected chi connectivity index (χ2v) is 7.46. The molecular weight excluding hydrogens is 402 g/mol. The molecule has 9 heteroatoms. The van der Waals surface area contributed by atoms with Gasteiger partial charge >= 0.3 is 0 Å². The summed E-state index contributed by atoms with van der Waals surface area (Å²) in [7, 11) is 0. The summed E-state index contributed by atoms with van der Waals surface area (Å²) >= 11 is 1.31. The zero-order valence-corrected chi connectivity index (χ0v) is 17.2. The van der Waals surface area contributed by atoms with Gasteiger partial charge in [0.1, 0.15) is 11.5 Å². The van der Waals surface area contributed by atoms with E-state index in [9.17, 15) is 9.59 Å². The van der Waals surface area contributed by atoms with Crippen molar-refractivity contribution < 1.29 is 14.0 Å². The Labute approximate surface area is 176 Å². The molecule has 1 aromatic carbocycles. The number of furan rings is 1. The van der Waals surface area contributed by atoms with Crippen LogP contribution in [0.5, 0.6) is 0 Å². The van der Waals surface area contributed by atoms with Crippen LogP contribution in [0.15, 0.2) is 58.5 Å². The van der Waals surface area contributed by atoms with E-state index in [1.165, 1.54) is 18.3 Å². The Kier molecular flexibility index (Phi) is 5.44. The minimum Gasteiger partial charge on any atom is -0.458 e. The third-order valence-electron chi connectivity index (χ3n) is 4.36. The van der Waals surface area contributed by atoms with Gasteiger partial charge in [0.2, 0.25) is 5.91 Å². The number of aromatic nitrogens is 3. The largest absolute Gasteiger partial charge is 0.458 e. The van der Waals surface area contributed by atoms with E-state index >= 15 is 0 Å². The Morgan fingerprint density at radius 2 is 1.93 bits per heavy atom. The average Bonchev–Trinajstić information content (AvgIpc) is 3.47. The molecule has 2 N–H and O–H groups in total. The van der Waals surface area contributed by atoms with Gasteiger partial charge in [0, 0.05) is 29.8 Å². The second-order valence-electron chi connectivity index (χ2n) is 6.60. The maximum atomic E-state index is 12.5. The summed E-state index contributed by atoms with van der Waals surface area (Å²) in [5, 5.41) is 12.0. The summed E-state index contributed by atoms with van der Waals surface area (Å²) < 4.78 is 7.49. The van der Waals surface area contributed by atoms with Crippen LogP contribution in [0.2, 0.25) is 0 Å². The number of thiazole rings is 1. The van der Waals surface area contributed by atoms with Crippen molar-refractivity contribution in [1.82, 2.24) is 20.1 Å². The molecule has 2 amide bonds. The first-order valence-corrected chi connectivity index (χ1v) is 10.1. The quantitative estimate of drug-likeness (QED) is 0.493. The molecule has 8 nitrogen and oxygen atoms in total. The van der Waals surface area contributed by atoms with Gasteiger partial charge in [-0.1, -0.05) is 0 Å². The summed E-state index contributed by atoms with van der Waals surface area (Å²) in [4.78, 5) is 28.0. The van der Waals surface area contributed by atoms with Crippen molar-refractivity contribution in [3.05, 3.63) is 71.1 Å². The van der Waals surface area contributed by atoms with Crippen LogP contribution in [-0.2, 0) is 11.3 Å². The third-order valence-corrected chi connectivity index (χ3v) is 5.11. The zero-order chi connectivity index (χ0) is 21.1. The molecule has 3 heterocycles. The lowest BCUT2D eigenvalue weighted by atomic mass is 10.2. The summed E-state index contributed by atoms with van der Waals surface area (Å²) in [6.45, 7) is 3.73. The van der Waals surface area contributed by atoms with Crippen molar-refractivity contribution in [3.63, 3.8) is 0 Å². The lowest BCUT2D eigenvalue weighted by Gasteiger charge is -2.06. The number of amides is 2. The summed E-state index contributed by atoms with van der Waals surface area (Å²) in [5.74, 6) is 0.835. The van der Waals surface area contributed by atoms with Gasteiger partial charge in [-0.2, -0.15) is 5.10 Å². The number of anilines is 1. The predicted molar refractivity (Wildman–Crippen MR) is 114 cm³/mol. The van der Waals surface area contributed by atoms with Crippen molar-refractivity contribution >= 4 is 28.3 Å². The van der Waals surface area contributed by atoms with Crippen LogP contribution in [0.1, 0.15) is 28.7 Å². The fourth-order valence-corrected chi connectivity index (χ4v) is 3.52. The summed E-state index contributed by atoms with van der Waals surface area (Å²) in [6, 6.07) is 12.7. The normalized spacial score (nSPS) is 10.7. The molecule has 0 aliphatic carbocycles. The molecule has 0 radical (unpaired) electrons. The van der Waals surface area contributed by atoms with Gasteiger partial charge in [-0.15, -0.1) is 11.3 Å². The Hall–Kier alpha value is -3.72. The maximum Gasteiger partial charge on any atom is 0.257 e. The standard InChI is InChI=1S/C21H19N5O3S/c1-13-9-10-23-26(13)16-5-3-15(4-6-16)20(28)25-21-24-18(12-30-21)19-8-7-17(29-19)11-22-14(2)27/h3-10,12H,11H2,1-2H3,(H,22,27)(H,24,25,28). The number of hydrogen-bond donors (Lipinski definition) is 2. The van der Waals surface area contributed by atoms with E-state index in [2.05, 4.69) is 20.7 Å². The highest BCUT2D eigenvalue weighted by atomic mass is 32.1. The van der Waals surface area contributed by atoms with Gasteiger partial charge in [-0.05, 0) is 49.4 Å². The number of carbonyl (C=O) groups excluding carboxylic acids is 2. The predicted octanol–water partition coefficient (Wildman–Crippen LogP) is 3.79. The number of rotatable bonds is 6. The van der Waals surface area contributed by atoms with E-state index < -0.39 is 0 Å². The number of nitrogens with zero attached hydrogens (tertiary/aromatic N) is 3. The highest BCUT2D eigenvalue weighted by Crippen LogP contribution is 2.27. The van der Waals surface area contributed by atoms with Gasteiger partial charge in [0.15, 0.2) is 10.9 Å². The van der Waals surface area contributed by atoms with E-state index in [1.807, 2.05) is 25.1 Å². The maximum absolute atomic E-state index is 12.5. The topological polar surface area (TPSA) is 102 Å². The zero-order valence-electron chi connectivity index (χ0n) is 16.4. The van der Waals surface area contributed by atoms with Crippen LogP contribution in [0, 0.1) is 6.92 Å². The SMILES string of the molecule is CC(=O)NCc1ccc(-c2csc(NC(=O)c3ccc(-n4nccc4C)cc3)n2)o1. The molecule has 0 aliphatic rings. The smallest absolute Gasteiger partial charge is 0.257 e. The van der Waals surface area contributed by atoms with E-state index in [-0.39, 0.29) is 11.8 Å². The van der Waals surface area contributed by atoms with Crippen molar-refractivity contribution in [2.45, 2.75) is 20.4 Å². The first-order valence-electron chi connectivity index (χ1n) is 9.21. The molecule has 0 bridgehead atoms. The van der Waals surface area contributed by atoms with Crippen LogP contribution in [0.25, 0.3) is 17.1 Å². The Morgan fingerprint density at radius 3 is 2.63 bits per heavy atom. The van der Waals surface area contributed by atoms with Gasteiger partial charge in [0.25, 0.3) is 5.91 Å². The number of nitrogens with one attached hydrogen (secondary N) is 2. The van der Waals surface area contributed by atoms with Gasteiger partial charge < -0.3 is 9.73 Å². The molecule has 0 fully saturated rings. The van der Waals surface area contributed by atoms with Gasteiger partial charge in [-0.3, -0.25) is 14.9 Å². The van der Waals surface area contributed by atoms with E-state index in [4.69, 9.17) is 4.42 Å². The van der Waals surface area contributed by atoms with Crippen molar-refractivity contribution in [1.29, 1.82) is 0 Å². The van der Waals surface area contributed by atoms with Crippen molar-refractivity contribution in [3.8, 4) is 17.1 Å². The first-order chi connectivity index (χ1) is 14.5. The highest BCUT2D eigenvalue weighted by Gasteiger charge is 2.13. The average molecular weight is 421 g/mol. The fraction of sp³-hybridized carbons (Fsp3) is 0.143. The van der Waals surface area contributed by atoms with E-state index in [0.717, 1.165) is 11.4 Å². The molecule has 0 aliphatic heterocycles. The van der Waals surface area contributed by atoms with Crippen LogP contribution in [0.3, 0.4) is 0 Å². The lowest BCUT2D eigenvalue weighted by molar-refractivity contribution is -0.119. The van der Waals surface area contributed by atoms with Crippen LogP contribution in [0.4, 0.5) is 5.13 Å². The molecule has 3 aromatic heterocycles. The molecule has 0 saturated carbocycles. The molecule has 30 heavy (non-hydrogen) atoms. The van der Waals surface area contributed by atoms with E-state index in [1.54, 1.807) is 40.5 Å². The summed E-state index contributed by atoms with van der Waals surface area (Å²) in [5.41, 5.74) is 3.05. The molecule has 0 atom stereocenters. The molecule has 0 saturated heterocycles. The monoisotopic (exact) mass is 421 g/mol. The van der Waals surface area contributed by atoms with Gasteiger partial charge in [-0.25, -0.2) is 9.67 Å². The van der Waals surface area contributed by atoms with E-state index in [0.29, 0.717) is 34.5 Å². The molecule has 152 valence electrons. The van der Waals surface area contributed by atoms with Crippen molar-refractivity contribution in [2.24, 2.45) is 0 Å². The Balaban J connectivity index is 1.42. The number of carbonyl (C=O) groups is 2. The second kappa shape index (κ2) is 8.34. The third kappa shape index (κ3) is 4.31. The number of aryl methyl sites for hydroxylation is 1. The Morgan fingerprint density at radius 1 is 1.13 bits per heavy atom. The minimum atomic E-state index is -0.245. The fourth-order valence-electron chi connectivity index (χ4n) is 2.83. The molecular formula is C21H19N5O3S. The molecule has 4 aromatic rings. The highest BCUT2D eigenvalue weighted by molar-refractivity contribution is 7.14. The Bertz CT molecular complexity index is 1190. The minimum absolute atomic E-state index is 0.126. The van der Waals surface area contributed by atoms with Crippen molar-refractivity contribution in [2.75, 3.05) is 5.32 Å². The van der Waals surface area contributed by atoms with Crippen LogP contribution < -0.4 is 10.6 Å². The number of hydrogen-bond acceptors (Lipinski definition) is 6.